The van der Waals surface area contributed by atoms with Crippen molar-refractivity contribution in [2.45, 2.75) is 13.8 Å². The minimum absolute atomic E-state index is 0.548. The zero-order valence-electron chi connectivity index (χ0n) is 18.6. The van der Waals surface area contributed by atoms with Crippen molar-refractivity contribution in [3.05, 3.63) is 128 Å². The molecule has 1 aromatic heterocycles. The Morgan fingerprint density at radius 1 is 0.781 bits per heavy atom. The molecule has 0 fully saturated rings. The Morgan fingerprint density at radius 2 is 1.44 bits per heavy atom. The molecule has 2 aromatic carbocycles. The van der Waals surface area contributed by atoms with Gasteiger partial charge in [0.15, 0.2) is 17.5 Å². The van der Waals surface area contributed by atoms with Crippen LogP contribution in [0.4, 0.5) is 0 Å². The Morgan fingerprint density at radius 3 is 2.06 bits per heavy atom. The third-order valence-electron chi connectivity index (χ3n) is 4.86. The van der Waals surface area contributed by atoms with Gasteiger partial charge in [0, 0.05) is 16.7 Å². The van der Waals surface area contributed by atoms with Crippen LogP contribution < -0.4 is 0 Å². The number of benzene rings is 2. The van der Waals surface area contributed by atoms with Crippen molar-refractivity contribution in [1.29, 1.82) is 0 Å². The lowest BCUT2D eigenvalue weighted by molar-refractivity contribution is 1.00. The third kappa shape index (κ3) is 5.32. The van der Waals surface area contributed by atoms with Crippen molar-refractivity contribution in [2.24, 2.45) is 0 Å². The van der Waals surface area contributed by atoms with Crippen molar-refractivity contribution in [1.82, 2.24) is 15.0 Å². The van der Waals surface area contributed by atoms with Crippen LogP contribution in [-0.4, -0.2) is 15.0 Å². The second kappa shape index (κ2) is 10.8. The molecule has 0 saturated carbocycles. The minimum Gasteiger partial charge on any atom is -0.208 e. The summed E-state index contributed by atoms with van der Waals surface area (Å²) in [7, 11) is 0. The monoisotopic (exact) mass is 417 g/mol. The Kier molecular flexibility index (Phi) is 7.60. The fraction of sp³-hybridized carbons (Fsp3) is 0.0690. The summed E-state index contributed by atoms with van der Waals surface area (Å²) in [5.74, 6) is 1.73. The molecule has 1 heterocycles. The maximum atomic E-state index is 4.79. The van der Waals surface area contributed by atoms with E-state index in [1.165, 1.54) is 5.56 Å². The van der Waals surface area contributed by atoms with Gasteiger partial charge in [-0.15, -0.1) is 0 Å². The van der Waals surface area contributed by atoms with Gasteiger partial charge in [-0.05, 0) is 31.0 Å². The summed E-state index contributed by atoms with van der Waals surface area (Å²) in [4.78, 5) is 14.3. The zero-order valence-corrected chi connectivity index (χ0v) is 18.6. The minimum atomic E-state index is 0.548. The van der Waals surface area contributed by atoms with Crippen LogP contribution in [0.2, 0.25) is 0 Å². The van der Waals surface area contributed by atoms with Crippen LogP contribution in [0.15, 0.2) is 111 Å². The van der Waals surface area contributed by atoms with E-state index in [1.54, 1.807) is 18.2 Å². The molecule has 0 unspecified atom stereocenters. The topological polar surface area (TPSA) is 38.7 Å². The molecule has 3 nitrogen and oxygen atoms in total. The molecule has 0 aliphatic rings. The summed E-state index contributed by atoms with van der Waals surface area (Å²) in [6.45, 7) is 15.5. The van der Waals surface area contributed by atoms with Gasteiger partial charge in [-0.3, -0.25) is 0 Å². The van der Waals surface area contributed by atoms with Crippen molar-refractivity contribution in [3.63, 3.8) is 0 Å². The first-order chi connectivity index (χ1) is 15.6. The fourth-order valence-electron chi connectivity index (χ4n) is 3.26. The van der Waals surface area contributed by atoms with Crippen LogP contribution >= 0.6 is 0 Å². The van der Waals surface area contributed by atoms with Gasteiger partial charge in [-0.2, -0.15) is 0 Å². The summed E-state index contributed by atoms with van der Waals surface area (Å²) in [6, 6.07) is 16.7. The molecule has 0 radical (unpaired) electrons. The Hall–Kier alpha value is -4.11. The third-order valence-corrected chi connectivity index (χ3v) is 4.86. The molecular formula is C29H27N3. The number of rotatable bonds is 8. The van der Waals surface area contributed by atoms with Gasteiger partial charge < -0.3 is 0 Å². The summed E-state index contributed by atoms with van der Waals surface area (Å²) in [6.07, 6.45) is 12.8. The quantitative estimate of drug-likeness (QED) is 0.358. The van der Waals surface area contributed by atoms with Crippen LogP contribution in [0.5, 0.6) is 0 Å². The fourth-order valence-corrected chi connectivity index (χ4v) is 3.26. The molecule has 0 atom stereocenters. The smallest absolute Gasteiger partial charge is 0.164 e. The maximum absolute atomic E-state index is 4.79. The molecule has 0 bridgehead atoms. The van der Waals surface area contributed by atoms with Crippen LogP contribution in [-0.2, 0) is 0 Å². The number of nitrogens with zero attached hydrogens (tertiary/aromatic N) is 3. The average Bonchev–Trinajstić information content (AvgIpc) is 2.83. The number of aryl methyl sites for hydroxylation is 1. The van der Waals surface area contributed by atoms with E-state index in [4.69, 9.17) is 15.0 Å². The van der Waals surface area contributed by atoms with Gasteiger partial charge in [-0.25, -0.2) is 15.0 Å². The van der Waals surface area contributed by atoms with Gasteiger partial charge in [0.25, 0.3) is 0 Å². The van der Waals surface area contributed by atoms with Gasteiger partial charge >= 0.3 is 0 Å². The summed E-state index contributed by atoms with van der Waals surface area (Å²) < 4.78 is 0. The summed E-state index contributed by atoms with van der Waals surface area (Å²) >= 11 is 0. The van der Waals surface area contributed by atoms with E-state index in [0.717, 1.165) is 27.8 Å². The van der Waals surface area contributed by atoms with Gasteiger partial charge in [0.1, 0.15) is 0 Å². The highest BCUT2D eigenvalue weighted by atomic mass is 15.0. The maximum Gasteiger partial charge on any atom is 0.164 e. The number of hydrogen-bond acceptors (Lipinski definition) is 3. The molecule has 0 spiro atoms. The normalized spacial score (nSPS) is 12.1. The highest BCUT2D eigenvalue weighted by Gasteiger charge is 2.13. The second-order valence-corrected chi connectivity index (χ2v) is 7.16. The number of allylic oxidation sites excluding steroid dienone is 9. The molecule has 3 heteroatoms. The Labute approximate surface area is 190 Å². The predicted octanol–water partition coefficient (Wildman–Crippen LogP) is 7.41. The lowest BCUT2D eigenvalue weighted by atomic mass is 10.0. The van der Waals surface area contributed by atoms with E-state index in [9.17, 15) is 0 Å². The molecule has 3 rings (SSSR count). The van der Waals surface area contributed by atoms with Crippen LogP contribution in [0.1, 0.15) is 24.1 Å². The van der Waals surface area contributed by atoms with Gasteiger partial charge in [0.2, 0.25) is 0 Å². The van der Waals surface area contributed by atoms with Crippen molar-refractivity contribution in [3.8, 4) is 22.5 Å². The molecular weight excluding hydrogens is 390 g/mol. The lowest BCUT2D eigenvalue weighted by Crippen LogP contribution is -2.04. The van der Waals surface area contributed by atoms with E-state index in [1.807, 2.05) is 43.4 Å². The number of hydrogen-bond donors (Lipinski definition) is 0. The number of aromatic nitrogens is 3. The van der Waals surface area contributed by atoms with E-state index >= 15 is 0 Å². The van der Waals surface area contributed by atoms with E-state index < -0.39 is 0 Å². The van der Waals surface area contributed by atoms with Crippen molar-refractivity contribution >= 4 is 11.1 Å². The summed E-state index contributed by atoms with van der Waals surface area (Å²) in [5.41, 5.74) is 6.06. The van der Waals surface area contributed by atoms with E-state index in [-0.39, 0.29) is 0 Å². The highest BCUT2D eigenvalue weighted by Crippen LogP contribution is 2.27. The molecule has 0 saturated heterocycles. The van der Waals surface area contributed by atoms with Crippen molar-refractivity contribution < 1.29 is 0 Å². The first-order valence-electron chi connectivity index (χ1n) is 10.4. The van der Waals surface area contributed by atoms with E-state index in [0.29, 0.717) is 17.5 Å². The first kappa shape index (κ1) is 22.6. The Balaban J connectivity index is 2.20. The van der Waals surface area contributed by atoms with Gasteiger partial charge in [0.05, 0.1) is 0 Å². The van der Waals surface area contributed by atoms with Crippen LogP contribution in [0, 0.1) is 6.92 Å². The molecule has 0 N–H and O–H groups in total. The molecule has 0 amide bonds. The molecule has 32 heavy (non-hydrogen) atoms. The standard InChI is InChI=1S/C29H27N3/c1-6-10-15-23(9-4)28-30-27(22(8-3)13-7-2)31-29(32-28)26-18-12-17-25(20-26)24-16-11-14-21(5)19-24/h6-20H,1-3H2,4-5H3/b15-10-,22-13+,23-9+. The summed E-state index contributed by atoms with van der Waals surface area (Å²) in [5, 5.41) is 0. The Bertz CT molecular complexity index is 1240. The van der Waals surface area contributed by atoms with Gasteiger partial charge in [-0.1, -0.05) is 110 Å². The molecule has 3 aromatic rings. The molecule has 0 aliphatic carbocycles. The second-order valence-electron chi connectivity index (χ2n) is 7.16. The lowest BCUT2D eigenvalue weighted by Gasteiger charge is -2.10. The predicted molar refractivity (Wildman–Crippen MR) is 137 cm³/mol. The average molecular weight is 418 g/mol. The first-order valence-corrected chi connectivity index (χ1v) is 10.4. The largest absolute Gasteiger partial charge is 0.208 e. The van der Waals surface area contributed by atoms with Crippen LogP contribution in [0.25, 0.3) is 33.7 Å². The van der Waals surface area contributed by atoms with Crippen LogP contribution in [0.3, 0.4) is 0 Å². The SMILES string of the molecule is C=C/C=C\C(=C/C)c1nc(/C(C=C)=C/C=C)nc(-c2cccc(-c3cccc(C)c3)c2)n1. The molecule has 158 valence electrons. The zero-order chi connectivity index (χ0) is 22.9. The van der Waals surface area contributed by atoms with Crippen molar-refractivity contribution in [2.75, 3.05) is 0 Å². The van der Waals surface area contributed by atoms with E-state index in [2.05, 4.69) is 63.1 Å². The highest BCUT2D eigenvalue weighted by molar-refractivity contribution is 5.76. The molecule has 0 aliphatic heterocycles.